The molecular weight excluding hydrogens is 316 g/mol. The van der Waals surface area contributed by atoms with Crippen molar-refractivity contribution >= 4 is 11.8 Å². The smallest absolute Gasteiger partial charge is 0.253 e. The summed E-state index contributed by atoms with van der Waals surface area (Å²) in [7, 11) is 0. The number of ether oxygens (including phenoxy) is 1. The minimum atomic E-state index is 0.0225. The Morgan fingerprint density at radius 1 is 0.960 bits per heavy atom. The Kier molecular flexibility index (Phi) is 6.85. The molecule has 5 nitrogen and oxygen atoms in total. The van der Waals surface area contributed by atoms with Crippen molar-refractivity contribution in [2.45, 2.75) is 46.6 Å². The number of benzene rings is 1. The molecule has 1 aromatic carbocycles. The minimum absolute atomic E-state index is 0.0225. The second-order valence-corrected chi connectivity index (χ2v) is 7.32. The van der Waals surface area contributed by atoms with Crippen molar-refractivity contribution in [3.05, 3.63) is 29.8 Å². The lowest BCUT2D eigenvalue weighted by atomic mass is 10.1. The van der Waals surface area contributed by atoms with E-state index < -0.39 is 0 Å². The van der Waals surface area contributed by atoms with Crippen LogP contribution in [-0.4, -0.2) is 53.9 Å². The first-order chi connectivity index (χ1) is 11.9. The van der Waals surface area contributed by atoms with E-state index in [2.05, 4.69) is 13.8 Å². The summed E-state index contributed by atoms with van der Waals surface area (Å²) in [5.41, 5.74) is 0.665. The first-order valence-corrected chi connectivity index (χ1v) is 9.20. The van der Waals surface area contributed by atoms with Crippen molar-refractivity contribution in [3.8, 4) is 5.75 Å². The Hall–Kier alpha value is -2.04. The van der Waals surface area contributed by atoms with E-state index in [4.69, 9.17) is 4.74 Å². The van der Waals surface area contributed by atoms with E-state index in [1.54, 1.807) is 0 Å². The van der Waals surface area contributed by atoms with Gasteiger partial charge < -0.3 is 14.5 Å². The fourth-order valence-corrected chi connectivity index (χ4v) is 2.98. The first-order valence-electron chi connectivity index (χ1n) is 9.20. The summed E-state index contributed by atoms with van der Waals surface area (Å²) in [6.45, 7) is 10.7. The van der Waals surface area contributed by atoms with Gasteiger partial charge in [-0.15, -0.1) is 0 Å². The van der Waals surface area contributed by atoms with Gasteiger partial charge in [0.25, 0.3) is 5.91 Å². The summed E-state index contributed by atoms with van der Waals surface area (Å²) < 4.78 is 5.62. The number of amides is 2. The van der Waals surface area contributed by atoms with E-state index in [0.29, 0.717) is 37.5 Å². The van der Waals surface area contributed by atoms with Crippen LogP contribution in [0.3, 0.4) is 0 Å². The zero-order valence-electron chi connectivity index (χ0n) is 15.8. The number of rotatable bonds is 5. The molecule has 0 aromatic heterocycles. The molecule has 1 aliphatic rings. The van der Waals surface area contributed by atoms with Crippen LogP contribution in [0.1, 0.15) is 50.9 Å². The molecule has 2 rings (SSSR count). The van der Waals surface area contributed by atoms with Gasteiger partial charge in [0.1, 0.15) is 5.75 Å². The molecule has 1 fully saturated rings. The molecule has 0 N–H and O–H groups in total. The van der Waals surface area contributed by atoms with Crippen molar-refractivity contribution in [1.29, 1.82) is 0 Å². The van der Waals surface area contributed by atoms with Crippen LogP contribution in [0.2, 0.25) is 0 Å². The van der Waals surface area contributed by atoms with Gasteiger partial charge in [-0.2, -0.15) is 0 Å². The first kappa shape index (κ1) is 19.3. The van der Waals surface area contributed by atoms with Gasteiger partial charge in [-0.3, -0.25) is 9.59 Å². The van der Waals surface area contributed by atoms with Crippen LogP contribution < -0.4 is 4.74 Å². The van der Waals surface area contributed by atoms with E-state index >= 15 is 0 Å². The Morgan fingerprint density at radius 3 is 2.16 bits per heavy atom. The van der Waals surface area contributed by atoms with Gasteiger partial charge in [-0.1, -0.05) is 13.8 Å². The summed E-state index contributed by atoms with van der Waals surface area (Å²) in [5.74, 6) is 1.35. The predicted molar refractivity (Wildman–Crippen MR) is 98.8 cm³/mol. The molecular formula is C20H30N2O3. The maximum absolute atomic E-state index is 12.7. The SMILES string of the molecule is CC(C)CC(=O)N1CCCN(C(=O)c2ccc(OC(C)C)cc2)CC1. The fraction of sp³-hybridized carbons (Fsp3) is 0.600. The second-order valence-electron chi connectivity index (χ2n) is 7.32. The van der Waals surface area contributed by atoms with Crippen LogP contribution in [0.25, 0.3) is 0 Å². The molecule has 1 aliphatic heterocycles. The lowest BCUT2D eigenvalue weighted by Crippen LogP contribution is -2.37. The number of hydrogen-bond donors (Lipinski definition) is 0. The molecule has 0 bridgehead atoms. The maximum Gasteiger partial charge on any atom is 0.253 e. The average molecular weight is 346 g/mol. The lowest BCUT2D eigenvalue weighted by molar-refractivity contribution is -0.131. The van der Waals surface area contributed by atoms with Crippen LogP contribution in [0, 0.1) is 5.92 Å². The van der Waals surface area contributed by atoms with E-state index in [1.165, 1.54) is 0 Å². The summed E-state index contributed by atoms with van der Waals surface area (Å²) in [6.07, 6.45) is 1.51. The highest BCUT2D eigenvalue weighted by Crippen LogP contribution is 2.16. The highest BCUT2D eigenvalue weighted by molar-refractivity contribution is 5.94. The third kappa shape index (κ3) is 5.76. The van der Waals surface area contributed by atoms with Crippen LogP contribution in [-0.2, 0) is 4.79 Å². The van der Waals surface area contributed by atoms with Crippen LogP contribution in [0.5, 0.6) is 5.75 Å². The molecule has 0 saturated carbocycles. The van der Waals surface area contributed by atoms with Crippen molar-refractivity contribution in [2.75, 3.05) is 26.2 Å². The Morgan fingerprint density at radius 2 is 1.56 bits per heavy atom. The highest BCUT2D eigenvalue weighted by Gasteiger charge is 2.23. The molecule has 0 atom stereocenters. The van der Waals surface area contributed by atoms with Gasteiger partial charge in [0.05, 0.1) is 6.10 Å². The lowest BCUT2D eigenvalue weighted by Gasteiger charge is -2.23. The molecule has 1 aromatic rings. The van der Waals surface area contributed by atoms with E-state index in [1.807, 2.05) is 47.9 Å². The zero-order valence-corrected chi connectivity index (χ0v) is 15.8. The van der Waals surface area contributed by atoms with Gasteiger partial charge in [0.15, 0.2) is 0 Å². The third-order valence-electron chi connectivity index (χ3n) is 4.19. The maximum atomic E-state index is 12.7. The Bertz CT molecular complexity index is 581. The van der Waals surface area contributed by atoms with Gasteiger partial charge in [0.2, 0.25) is 5.91 Å². The van der Waals surface area contributed by atoms with Gasteiger partial charge in [-0.05, 0) is 50.5 Å². The number of carbonyl (C=O) groups excluding carboxylic acids is 2. The Labute approximate surface area is 150 Å². The zero-order chi connectivity index (χ0) is 18.4. The standard InChI is InChI=1S/C20H30N2O3/c1-15(2)14-19(23)21-10-5-11-22(13-12-21)20(24)17-6-8-18(9-7-17)25-16(3)4/h6-9,15-16H,5,10-14H2,1-4H3. The number of nitrogens with zero attached hydrogens (tertiary/aromatic N) is 2. The summed E-state index contributed by atoms with van der Waals surface area (Å²) in [6, 6.07) is 7.30. The monoisotopic (exact) mass is 346 g/mol. The molecule has 0 radical (unpaired) electrons. The predicted octanol–water partition coefficient (Wildman–Crippen LogP) is 3.19. The molecule has 2 amide bonds. The molecule has 0 aliphatic carbocycles. The number of hydrogen-bond acceptors (Lipinski definition) is 3. The molecule has 1 heterocycles. The second kappa shape index (κ2) is 8.88. The molecule has 0 spiro atoms. The molecule has 5 heteroatoms. The van der Waals surface area contributed by atoms with E-state index in [-0.39, 0.29) is 17.9 Å². The van der Waals surface area contributed by atoms with Crippen molar-refractivity contribution in [3.63, 3.8) is 0 Å². The summed E-state index contributed by atoms with van der Waals surface area (Å²) in [5, 5.41) is 0. The molecule has 25 heavy (non-hydrogen) atoms. The summed E-state index contributed by atoms with van der Waals surface area (Å²) >= 11 is 0. The quantitative estimate of drug-likeness (QED) is 0.823. The normalized spacial score (nSPS) is 15.4. The van der Waals surface area contributed by atoms with Crippen molar-refractivity contribution < 1.29 is 14.3 Å². The summed E-state index contributed by atoms with van der Waals surface area (Å²) in [4.78, 5) is 28.7. The van der Waals surface area contributed by atoms with Crippen LogP contribution in [0.4, 0.5) is 0 Å². The number of carbonyl (C=O) groups is 2. The third-order valence-corrected chi connectivity index (χ3v) is 4.19. The van der Waals surface area contributed by atoms with Gasteiger partial charge >= 0.3 is 0 Å². The van der Waals surface area contributed by atoms with Crippen LogP contribution >= 0.6 is 0 Å². The molecule has 138 valence electrons. The fourth-order valence-electron chi connectivity index (χ4n) is 2.98. The topological polar surface area (TPSA) is 49.9 Å². The molecule has 1 saturated heterocycles. The van der Waals surface area contributed by atoms with Gasteiger partial charge in [-0.25, -0.2) is 0 Å². The highest BCUT2D eigenvalue weighted by atomic mass is 16.5. The van der Waals surface area contributed by atoms with Crippen molar-refractivity contribution in [1.82, 2.24) is 9.80 Å². The van der Waals surface area contributed by atoms with Crippen molar-refractivity contribution in [2.24, 2.45) is 5.92 Å². The Balaban J connectivity index is 1.95. The largest absolute Gasteiger partial charge is 0.491 e. The molecule has 0 unspecified atom stereocenters. The van der Waals surface area contributed by atoms with E-state index in [0.717, 1.165) is 18.7 Å². The van der Waals surface area contributed by atoms with E-state index in [9.17, 15) is 9.59 Å². The van der Waals surface area contributed by atoms with Crippen LogP contribution in [0.15, 0.2) is 24.3 Å². The average Bonchev–Trinajstić information content (AvgIpc) is 2.80. The minimum Gasteiger partial charge on any atom is -0.491 e. The van der Waals surface area contributed by atoms with Gasteiger partial charge in [0, 0.05) is 38.2 Å².